The van der Waals surface area contributed by atoms with E-state index in [1.54, 1.807) is 0 Å². The highest BCUT2D eigenvalue weighted by Gasteiger charge is 2.14. The maximum Gasteiger partial charge on any atom is 0.163 e. The van der Waals surface area contributed by atoms with Crippen LogP contribution in [0, 0.1) is 13.8 Å². The molecule has 1 unspecified atom stereocenters. The molecule has 1 atom stereocenters. The number of hydrogen-bond donors (Lipinski definition) is 1. The quantitative estimate of drug-likeness (QED) is 0.803. The van der Waals surface area contributed by atoms with Crippen molar-refractivity contribution in [3.8, 4) is 0 Å². The minimum Gasteiger partial charge on any atom is -0.369 e. The van der Waals surface area contributed by atoms with Gasteiger partial charge < -0.3 is 5.32 Å². The highest BCUT2D eigenvalue weighted by atomic mass is 15.3. The summed E-state index contributed by atoms with van der Waals surface area (Å²) in [6.07, 6.45) is 0. The molecule has 2 aromatic heterocycles. The van der Waals surface area contributed by atoms with E-state index in [1.807, 2.05) is 31.6 Å². The molecule has 0 saturated heterocycles. The van der Waals surface area contributed by atoms with E-state index in [9.17, 15) is 0 Å². The standard InChI is InChI=1S/C17H21N5/c1-11(14-8-6-5-7-9-14)10-18-16-15-12(2)21-22(4)17(15)20-13(3)19-16/h5-9,11H,10H2,1-4H3,(H,18,19,20). The summed E-state index contributed by atoms with van der Waals surface area (Å²) in [5.41, 5.74) is 3.15. The third-order valence-electron chi connectivity index (χ3n) is 3.91. The molecule has 3 aromatic rings. The molecule has 5 heteroatoms. The number of benzene rings is 1. The molecule has 2 heterocycles. The maximum atomic E-state index is 4.57. The second kappa shape index (κ2) is 5.75. The summed E-state index contributed by atoms with van der Waals surface area (Å²) in [6.45, 7) is 6.94. The molecule has 1 aromatic carbocycles. The summed E-state index contributed by atoms with van der Waals surface area (Å²) in [6, 6.07) is 10.5. The summed E-state index contributed by atoms with van der Waals surface area (Å²) >= 11 is 0. The predicted octanol–water partition coefficient (Wildman–Crippen LogP) is 3.20. The van der Waals surface area contributed by atoms with E-state index in [0.717, 1.165) is 34.9 Å². The van der Waals surface area contributed by atoms with E-state index in [1.165, 1.54) is 5.56 Å². The van der Waals surface area contributed by atoms with Gasteiger partial charge in [-0.05, 0) is 25.3 Å². The third-order valence-corrected chi connectivity index (χ3v) is 3.91. The lowest BCUT2D eigenvalue weighted by Crippen LogP contribution is -2.12. The van der Waals surface area contributed by atoms with Crippen molar-refractivity contribution in [2.75, 3.05) is 11.9 Å². The zero-order valence-corrected chi connectivity index (χ0v) is 13.5. The van der Waals surface area contributed by atoms with E-state index in [4.69, 9.17) is 0 Å². The number of rotatable bonds is 4. The Morgan fingerprint density at radius 1 is 1.14 bits per heavy atom. The van der Waals surface area contributed by atoms with E-state index in [2.05, 4.69) is 51.6 Å². The van der Waals surface area contributed by atoms with Crippen LogP contribution in [0.15, 0.2) is 30.3 Å². The zero-order valence-electron chi connectivity index (χ0n) is 13.5. The molecular formula is C17H21N5. The SMILES string of the molecule is Cc1nc(NCC(C)c2ccccc2)c2c(C)nn(C)c2n1. The monoisotopic (exact) mass is 295 g/mol. The second-order valence-corrected chi connectivity index (χ2v) is 5.72. The fourth-order valence-corrected chi connectivity index (χ4v) is 2.72. The van der Waals surface area contributed by atoms with Gasteiger partial charge in [-0.15, -0.1) is 0 Å². The summed E-state index contributed by atoms with van der Waals surface area (Å²) in [5.74, 6) is 2.03. The number of aromatic nitrogens is 4. The van der Waals surface area contributed by atoms with Crippen molar-refractivity contribution in [2.24, 2.45) is 7.05 Å². The van der Waals surface area contributed by atoms with Crippen LogP contribution in [0.25, 0.3) is 11.0 Å². The fraction of sp³-hybridized carbons (Fsp3) is 0.353. The summed E-state index contributed by atoms with van der Waals surface area (Å²) in [7, 11) is 1.91. The third kappa shape index (κ3) is 2.66. The topological polar surface area (TPSA) is 55.6 Å². The molecule has 0 aliphatic heterocycles. The number of hydrogen-bond acceptors (Lipinski definition) is 4. The molecule has 0 fully saturated rings. The molecule has 0 spiro atoms. The van der Waals surface area contributed by atoms with E-state index < -0.39 is 0 Å². The lowest BCUT2D eigenvalue weighted by molar-refractivity contribution is 0.770. The summed E-state index contributed by atoms with van der Waals surface area (Å²) in [5, 5.41) is 8.94. The first-order chi connectivity index (χ1) is 10.6. The molecule has 0 saturated carbocycles. The van der Waals surface area contributed by atoms with Gasteiger partial charge in [-0.3, -0.25) is 4.68 Å². The van der Waals surface area contributed by atoms with Crippen LogP contribution in [0.5, 0.6) is 0 Å². The van der Waals surface area contributed by atoms with Gasteiger partial charge in [0, 0.05) is 13.6 Å². The molecule has 114 valence electrons. The van der Waals surface area contributed by atoms with Gasteiger partial charge in [0.05, 0.1) is 11.1 Å². The Morgan fingerprint density at radius 3 is 2.59 bits per heavy atom. The molecule has 0 aliphatic carbocycles. The van der Waals surface area contributed by atoms with Crippen LogP contribution in [0.4, 0.5) is 5.82 Å². The maximum absolute atomic E-state index is 4.57. The molecule has 5 nitrogen and oxygen atoms in total. The van der Waals surface area contributed by atoms with Crippen molar-refractivity contribution in [3.63, 3.8) is 0 Å². The van der Waals surface area contributed by atoms with Gasteiger partial charge in [0.15, 0.2) is 5.65 Å². The van der Waals surface area contributed by atoms with Crippen molar-refractivity contribution in [2.45, 2.75) is 26.7 Å². The minimum atomic E-state index is 0.406. The largest absolute Gasteiger partial charge is 0.369 e. The molecule has 0 amide bonds. The summed E-state index contributed by atoms with van der Waals surface area (Å²) in [4.78, 5) is 9.06. The number of anilines is 1. The Bertz CT molecular complexity index is 792. The van der Waals surface area contributed by atoms with Gasteiger partial charge in [-0.2, -0.15) is 5.10 Å². The Morgan fingerprint density at radius 2 is 1.86 bits per heavy atom. The zero-order chi connectivity index (χ0) is 15.7. The van der Waals surface area contributed by atoms with Crippen LogP contribution in [-0.4, -0.2) is 26.3 Å². The minimum absolute atomic E-state index is 0.406. The van der Waals surface area contributed by atoms with Crippen molar-refractivity contribution in [1.82, 2.24) is 19.7 Å². The van der Waals surface area contributed by atoms with Crippen molar-refractivity contribution < 1.29 is 0 Å². The van der Waals surface area contributed by atoms with Gasteiger partial charge in [0.2, 0.25) is 0 Å². The Hall–Kier alpha value is -2.43. The van der Waals surface area contributed by atoms with Crippen LogP contribution < -0.4 is 5.32 Å². The van der Waals surface area contributed by atoms with Gasteiger partial charge in [0.1, 0.15) is 11.6 Å². The van der Waals surface area contributed by atoms with Crippen molar-refractivity contribution in [3.05, 3.63) is 47.4 Å². The number of nitrogens with one attached hydrogen (secondary N) is 1. The van der Waals surface area contributed by atoms with Crippen molar-refractivity contribution in [1.29, 1.82) is 0 Å². The van der Waals surface area contributed by atoms with Crippen LogP contribution in [0.1, 0.15) is 29.9 Å². The molecule has 0 bridgehead atoms. The first-order valence-corrected chi connectivity index (χ1v) is 7.53. The lowest BCUT2D eigenvalue weighted by Gasteiger charge is -2.14. The van der Waals surface area contributed by atoms with Crippen LogP contribution in [0.2, 0.25) is 0 Å². The number of nitrogens with zero attached hydrogens (tertiary/aromatic N) is 4. The second-order valence-electron chi connectivity index (χ2n) is 5.72. The van der Waals surface area contributed by atoms with E-state index in [0.29, 0.717) is 5.92 Å². The van der Waals surface area contributed by atoms with Gasteiger partial charge >= 0.3 is 0 Å². The first-order valence-electron chi connectivity index (χ1n) is 7.53. The molecule has 1 N–H and O–H groups in total. The van der Waals surface area contributed by atoms with Crippen molar-refractivity contribution >= 4 is 16.9 Å². The predicted molar refractivity (Wildman–Crippen MR) is 89.1 cm³/mol. The normalized spacial score (nSPS) is 12.5. The highest BCUT2D eigenvalue weighted by molar-refractivity contribution is 5.89. The molecule has 3 rings (SSSR count). The van der Waals surface area contributed by atoms with Crippen LogP contribution >= 0.6 is 0 Å². The number of aryl methyl sites for hydroxylation is 3. The highest BCUT2D eigenvalue weighted by Crippen LogP contribution is 2.24. The molecule has 22 heavy (non-hydrogen) atoms. The van der Waals surface area contributed by atoms with Gasteiger partial charge in [0.25, 0.3) is 0 Å². The first kappa shape index (κ1) is 14.5. The Balaban J connectivity index is 1.88. The Kier molecular flexibility index (Phi) is 3.79. The summed E-state index contributed by atoms with van der Waals surface area (Å²) < 4.78 is 1.81. The fourth-order valence-electron chi connectivity index (χ4n) is 2.72. The van der Waals surface area contributed by atoms with E-state index in [-0.39, 0.29) is 0 Å². The smallest absolute Gasteiger partial charge is 0.163 e. The Labute approximate surface area is 130 Å². The molecule has 0 radical (unpaired) electrons. The van der Waals surface area contributed by atoms with Gasteiger partial charge in [-0.1, -0.05) is 37.3 Å². The molecular weight excluding hydrogens is 274 g/mol. The van der Waals surface area contributed by atoms with Gasteiger partial charge in [-0.25, -0.2) is 9.97 Å². The van der Waals surface area contributed by atoms with E-state index >= 15 is 0 Å². The van der Waals surface area contributed by atoms with Crippen LogP contribution in [-0.2, 0) is 7.05 Å². The average Bonchev–Trinajstić information content (AvgIpc) is 2.80. The van der Waals surface area contributed by atoms with Crippen LogP contribution in [0.3, 0.4) is 0 Å². The number of fused-ring (bicyclic) bond motifs is 1. The lowest BCUT2D eigenvalue weighted by atomic mass is 10.0. The molecule has 0 aliphatic rings. The average molecular weight is 295 g/mol.